The van der Waals surface area contributed by atoms with Crippen LogP contribution in [0.3, 0.4) is 0 Å². The van der Waals surface area contributed by atoms with Crippen molar-refractivity contribution in [1.29, 1.82) is 0 Å². The van der Waals surface area contributed by atoms with E-state index in [9.17, 15) is 9.18 Å². The number of nitrogens with zero attached hydrogens (tertiary/aromatic N) is 2. The first-order chi connectivity index (χ1) is 12.0. The molecule has 4 rings (SSSR count). The summed E-state index contributed by atoms with van der Waals surface area (Å²) < 4.78 is 14.5. The molecule has 25 heavy (non-hydrogen) atoms. The van der Waals surface area contributed by atoms with Crippen LogP contribution in [0.1, 0.15) is 47.2 Å². The van der Waals surface area contributed by atoms with E-state index in [0.717, 1.165) is 18.5 Å². The molecule has 1 aromatic carbocycles. The summed E-state index contributed by atoms with van der Waals surface area (Å²) in [5.41, 5.74) is 3.84. The van der Waals surface area contributed by atoms with Crippen molar-refractivity contribution in [1.82, 2.24) is 15.3 Å². The molecule has 5 nitrogen and oxygen atoms in total. The molecule has 1 aliphatic carbocycles. The number of hydrogen-bond donors (Lipinski definition) is 2. The quantitative estimate of drug-likeness (QED) is 0.636. The highest BCUT2D eigenvalue weighted by molar-refractivity contribution is 5.93. The summed E-state index contributed by atoms with van der Waals surface area (Å²) in [4.78, 5) is 16.4. The maximum Gasteiger partial charge on any atom is 0.274 e. The summed E-state index contributed by atoms with van der Waals surface area (Å²) in [7, 11) is 2.21. The molecule has 0 bridgehead atoms. The van der Waals surface area contributed by atoms with Crippen LogP contribution in [0.5, 0.6) is 0 Å². The van der Waals surface area contributed by atoms with Crippen LogP contribution in [-0.2, 0) is 13.0 Å². The van der Waals surface area contributed by atoms with E-state index in [0.29, 0.717) is 23.6 Å². The molecule has 0 aromatic heterocycles. The lowest BCUT2D eigenvalue weighted by atomic mass is 9.61. The lowest BCUT2D eigenvalue weighted by molar-refractivity contribution is -0.0491. The molecular formula is C19H26FN3O2. The smallest absolute Gasteiger partial charge is 0.274 e. The van der Waals surface area contributed by atoms with Gasteiger partial charge in [0.25, 0.3) is 5.91 Å². The maximum absolute atomic E-state index is 14.5. The number of fused-ring (bicyclic) bond motifs is 1. The van der Waals surface area contributed by atoms with Crippen molar-refractivity contribution in [2.45, 2.75) is 44.7 Å². The summed E-state index contributed by atoms with van der Waals surface area (Å²) in [5, 5.41) is 8.74. The number of halogens is 1. The Morgan fingerprint density at radius 2 is 2.16 bits per heavy atom. The lowest BCUT2D eigenvalue weighted by Gasteiger charge is -2.56. The molecule has 1 aromatic rings. The Labute approximate surface area is 147 Å². The zero-order valence-electron chi connectivity index (χ0n) is 14.7. The molecule has 1 spiro atoms. The summed E-state index contributed by atoms with van der Waals surface area (Å²) in [6.07, 6.45) is 5.81. The van der Waals surface area contributed by atoms with E-state index in [2.05, 4.69) is 16.8 Å². The van der Waals surface area contributed by atoms with E-state index in [1.54, 1.807) is 11.5 Å². The zero-order valence-corrected chi connectivity index (χ0v) is 14.7. The Kier molecular flexibility index (Phi) is 4.30. The van der Waals surface area contributed by atoms with E-state index in [1.807, 2.05) is 0 Å². The van der Waals surface area contributed by atoms with Gasteiger partial charge in [0.2, 0.25) is 0 Å². The lowest BCUT2D eigenvalue weighted by Crippen LogP contribution is -2.57. The predicted molar refractivity (Wildman–Crippen MR) is 92.0 cm³/mol. The maximum atomic E-state index is 14.5. The molecule has 0 atom stereocenters. The largest absolute Gasteiger partial charge is 0.306 e. The molecule has 6 heteroatoms. The van der Waals surface area contributed by atoms with Crippen LogP contribution in [0.2, 0.25) is 0 Å². The third kappa shape index (κ3) is 3.07. The second kappa shape index (κ2) is 6.34. The average molecular weight is 347 g/mol. The Morgan fingerprint density at radius 1 is 1.36 bits per heavy atom. The minimum absolute atomic E-state index is 0.181. The van der Waals surface area contributed by atoms with Gasteiger partial charge in [0, 0.05) is 36.8 Å². The van der Waals surface area contributed by atoms with E-state index in [-0.39, 0.29) is 11.4 Å². The summed E-state index contributed by atoms with van der Waals surface area (Å²) >= 11 is 0. The van der Waals surface area contributed by atoms with Gasteiger partial charge >= 0.3 is 0 Å². The summed E-state index contributed by atoms with van der Waals surface area (Å²) in [6.45, 7) is 3.94. The van der Waals surface area contributed by atoms with Gasteiger partial charge in [-0.1, -0.05) is 0 Å². The SMILES string of the molecule is CN1CCCC2(CC(N3CCc4cc(C(=O)NO)cc(F)c4C3)C2)C1. The molecule has 1 saturated carbocycles. The standard InChI is InChI=1S/C19H26FN3O2/c1-22-5-2-4-19(12-22)9-15(10-19)23-6-3-13-7-14(18(24)21-25)8-17(20)16(13)11-23/h7-8,15,25H,2-6,9-12H2,1H3,(H,21,24). The molecule has 3 aliphatic rings. The van der Waals surface area contributed by atoms with Gasteiger partial charge in [0.05, 0.1) is 0 Å². The number of hydroxylamine groups is 1. The van der Waals surface area contributed by atoms with Crippen LogP contribution >= 0.6 is 0 Å². The molecular weight excluding hydrogens is 321 g/mol. The summed E-state index contributed by atoms with van der Waals surface area (Å²) in [5.74, 6) is -1.00. The fourth-order valence-corrected chi connectivity index (χ4v) is 5.13. The number of piperidine rings is 1. The van der Waals surface area contributed by atoms with Crippen LogP contribution in [0.25, 0.3) is 0 Å². The number of hydrogen-bond acceptors (Lipinski definition) is 4. The second-order valence-corrected chi connectivity index (χ2v) is 8.16. The van der Waals surface area contributed by atoms with Crippen LogP contribution in [0.4, 0.5) is 4.39 Å². The second-order valence-electron chi connectivity index (χ2n) is 8.16. The van der Waals surface area contributed by atoms with Gasteiger partial charge in [-0.2, -0.15) is 0 Å². The Balaban J connectivity index is 1.45. The van der Waals surface area contributed by atoms with Gasteiger partial charge < -0.3 is 4.90 Å². The summed E-state index contributed by atoms with van der Waals surface area (Å²) in [6, 6.07) is 3.49. The topological polar surface area (TPSA) is 55.8 Å². The highest BCUT2D eigenvalue weighted by atomic mass is 19.1. The van der Waals surface area contributed by atoms with E-state index in [4.69, 9.17) is 5.21 Å². The monoisotopic (exact) mass is 347 g/mol. The third-order valence-corrected chi connectivity index (χ3v) is 6.39. The fraction of sp³-hybridized carbons (Fsp3) is 0.632. The van der Waals surface area contributed by atoms with Crippen molar-refractivity contribution in [2.24, 2.45) is 5.41 Å². The van der Waals surface area contributed by atoms with Crippen molar-refractivity contribution >= 4 is 5.91 Å². The molecule has 2 aliphatic heterocycles. The number of carbonyl (C=O) groups is 1. The first-order valence-electron chi connectivity index (χ1n) is 9.18. The number of rotatable bonds is 2. The highest BCUT2D eigenvalue weighted by Gasteiger charge is 2.48. The van der Waals surface area contributed by atoms with Crippen molar-refractivity contribution in [2.75, 3.05) is 26.7 Å². The van der Waals surface area contributed by atoms with E-state index < -0.39 is 5.91 Å². The van der Waals surface area contributed by atoms with Crippen molar-refractivity contribution in [3.05, 3.63) is 34.6 Å². The normalized spacial score (nSPS) is 30.0. The fourth-order valence-electron chi connectivity index (χ4n) is 5.13. The molecule has 2 fully saturated rings. The van der Waals surface area contributed by atoms with Crippen LogP contribution in [-0.4, -0.2) is 53.6 Å². The first-order valence-corrected chi connectivity index (χ1v) is 9.18. The van der Waals surface area contributed by atoms with Gasteiger partial charge in [-0.3, -0.25) is 14.9 Å². The Bertz CT molecular complexity index is 687. The molecule has 2 heterocycles. The Morgan fingerprint density at radius 3 is 2.88 bits per heavy atom. The van der Waals surface area contributed by atoms with E-state index in [1.165, 1.54) is 44.8 Å². The minimum atomic E-state index is -0.661. The molecule has 1 saturated heterocycles. The van der Waals surface area contributed by atoms with Gasteiger partial charge in [0.1, 0.15) is 5.82 Å². The molecule has 0 radical (unpaired) electrons. The van der Waals surface area contributed by atoms with Crippen LogP contribution in [0.15, 0.2) is 12.1 Å². The van der Waals surface area contributed by atoms with Gasteiger partial charge in [0.15, 0.2) is 0 Å². The third-order valence-electron chi connectivity index (χ3n) is 6.39. The van der Waals surface area contributed by atoms with E-state index >= 15 is 0 Å². The number of likely N-dealkylation sites (tertiary alicyclic amines) is 1. The molecule has 2 N–H and O–H groups in total. The highest BCUT2D eigenvalue weighted by Crippen LogP contribution is 2.50. The van der Waals surface area contributed by atoms with Crippen LogP contribution < -0.4 is 5.48 Å². The molecule has 1 amide bonds. The number of nitrogens with one attached hydrogen (secondary N) is 1. The molecule has 0 unspecified atom stereocenters. The van der Waals surface area contributed by atoms with Gasteiger partial charge in [-0.15, -0.1) is 0 Å². The van der Waals surface area contributed by atoms with Gasteiger partial charge in [-0.25, -0.2) is 9.87 Å². The molecule has 136 valence electrons. The Hall–Kier alpha value is -1.50. The minimum Gasteiger partial charge on any atom is -0.306 e. The first kappa shape index (κ1) is 16.9. The van der Waals surface area contributed by atoms with Gasteiger partial charge in [-0.05, 0) is 68.8 Å². The van der Waals surface area contributed by atoms with Crippen LogP contribution in [0, 0.1) is 11.2 Å². The predicted octanol–water partition coefficient (Wildman–Crippen LogP) is 2.18. The van der Waals surface area contributed by atoms with Crippen molar-refractivity contribution in [3.63, 3.8) is 0 Å². The number of benzene rings is 1. The van der Waals surface area contributed by atoms with Crippen molar-refractivity contribution < 1.29 is 14.4 Å². The zero-order chi connectivity index (χ0) is 17.6. The van der Waals surface area contributed by atoms with Crippen molar-refractivity contribution in [3.8, 4) is 0 Å². The number of carbonyl (C=O) groups excluding carboxylic acids is 1. The average Bonchev–Trinajstić information content (AvgIpc) is 2.58. The number of amides is 1.